The Labute approximate surface area is 157 Å². The maximum absolute atomic E-state index is 11.9. The molecule has 3 aliphatic rings. The summed E-state index contributed by atoms with van der Waals surface area (Å²) in [4.78, 5) is 24.5. The summed E-state index contributed by atoms with van der Waals surface area (Å²) < 4.78 is 14.8. The van der Waals surface area contributed by atoms with Crippen LogP contribution in [-0.2, 0) is 19.1 Å². The molecule has 0 spiro atoms. The molecule has 0 N–H and O–H groups in total. The van der Waals surface area contributed by atoms with E-state index in [4.69, 9.17) is 9.47 Å². The predicted octanol–water partition coefficient (Wildman–Crippen LogP) is 3.02. The van der Waals surface area contributed by atoms with Gasteiger partial charge in [-0.1, -0.05) is 0 Å². The van der Waals surface area contributed by atoms with Crippen LogP contribution in [-0.4, -0.2) is 56.1 Å². The van der Waals surface area contributed by atoms with Gasteiger partial charge < -0.3 is 0 Å². The van der Waals surface area contributed by atoms with Gasteiger partial charge in [-0.15, -0.1) is 0 Å². The van der Waals surface area contributed by atoms with Crippen LogP contribution in [0, 0.1) is 0 Å². The SMILES string of the molecule is COC(=O)C1=C(C(=O)OC)SC(=C2SC3=C(S2)[Se]CC[Se]3)S1. The number of methoxy groups -OCH3 is 2. The zero-order valence-electron chi connectivity index (χ0n) is 11.5. The van der Waals surface area contributed by atoms with Gasteiger partial charge >= 0.3 is 159 Å². The third kappa shape index (κ3) is 3.49. The van der Waals surface area contributed by atoms with Crippen molar-refractivity contribution in [3.05, 3.63) is 25.9 Å². The van der Waals surface area contributed by atoms with Gasteiger partial charge in [-0.2, -0.15) is 0 Å². The second-order valence-electron chi connectivity index (χ2n) is 3.90. The Morgan fingerprint density at radius 1 is 0.818 bits per heavy atom. The Hall–Kier alpha value is 0.599. The molecular weight excluding hydrogens is 494 g/mol. The Kier molecular flexibility index (Phi) is 6.06. The second-order valence-corrected chi connectivity index (χ2v) is 14.3. The summed E-state index contributed by atoms with van der Waals surface area (Å²) in [6, 6.07) is 0. The standard InChI is InChI=1S/C12H10O4S4Se2/c1-15-7(13)5-6(8(14)16-2)18-9(17-5)10-19-11-12(20-10)22-4-3-21-11/h3-4H2,1-2H3. The van der Waals surface area contributed by atoms with Crippen molar-refractivity contribution in [3.63, 3.8) is 0 Å². The molecule has 0 aromatic carbocycles. The van der Waals surface area contributed by atoms with Crippen LogP contribution in [0.4, 0.5) is 0 Å². The van der Waals surface area contributed by atoms with E-state index >= 15 is 0 Å². The van der Waals surface area contributed by atoms with Crippen molar-refractivity contribution >= 4 is 88.9 Å². The molecule has 0 atom stereocenters. The quantitative estimate of drug-likeness (QED) is 0.421. The molecule has 0 aliphatic carbocycles. The maximum atomic E-state index is 11.9. The van der Waals surface area contributed by atoms with Crippen LogP contribution in [0.2, 0.25) is 10.6 Å². The van der Waals surface area contributed by atoms with Crippen molar-refractivity contribution < 1.29 is 19.1 Å². The molecular formula is C12H10O4S4Se2. The van der Waals surface area contributed by atoms with Crippen molar-refractivity contribution in [1.82, 2.24) is 0 Å². The molecule has 3 rings (SSSR count). The summed E-state index contributed by atoms with van der Waals surface area (Å²) in [7, 11) is 2.65. The third-order valence-electron chi connectivity index (χ3n) is 2.59. The van der Waals surface area contributed by atoms with E-state index in [0.717, 1.165) is 4.24 Å². The molecule has 3 heterocycles. The first kappa shape index (κ1) is 17.4. The van der Waals surface area contributed by atoms with Crippen LogP contribution in [0.5, 0.6) is 0 Å². The molecule has 0 saturated heterocycles. The van der Waals surface area contributed by atoms with Crippen LogP contribution >= 0.6 is 47.0 Å². The van der Waals surface area contributed by atoms with Gasteiger partial charge in [0.05, 0.1) is 0 Å². The molecule has 118 valence electrons. The van der Waals surface area contributed by atoms with E-state index in [-0.39, 0.29) is 0 Å². The van der Waals surface area contributed by atoms with Crippen molar-refractivity contribution in [1.29, 1.82) is 0 Å². The summed E-state index contributed by atoms with van der Waals surface area (Å²) in [5.74, 6) is -0.958. The Morgan fingerprint density at radius 2 is 1.23 bits per heavy atom. The molecule has 0 fully saturated rings. The van der Waals surface area contributed by atoms with Gasteiger partial charge in [0, 0.05) is 0 Å². The third-order valence-corrected chi connectivity index (χ3v) is 16.3. The molecule has 0 amide bonds. The van der Waals surface area contributed by atoms with E-state index in [1.54, 1.807) is 7.61 Å². The van der Waals surface area contributed by atoms with Crippen LogP contribution in [0.25, 0.3) is 0 Å². The fraction of sp³-hybridized carbons (Fsp3) is 0.333. The average Bonchev–Trinajstić information content (AvgIpc) is 3.17. The Morgan fingerprint density at radius 3 is 1.64 bits per heavy atom. The zero-order valence-corrected chi connectivity index (χ0v) is 18.2. The van der Waals surface area contributed by atoms with Crippen molar-refractivity contribution in [3.8, 4) is 0 Å². The van der Waals surface area contributed by atoms with Crippen LogP contribution in [0.1, 0.15) is 0 Å². The number of rotatable bonds is 2. The molecule has 3 aliphatic heterocycles. The van der Waals surface area contributed by atoms with Crippen molar-refractivity contribution in [2.24, 2.45) is 0 Å². The molecule has 0 unspecified atom stereocenters. The van der Waals surface area contributed by atoms with Crippen LogP contribution in [0.15, 0.2) is 25.9 Å². The van der Waals surface area contributed by atoms with Crippen molar-refractivity contribution in [2.45, 2.75) is 10.6 Å². The molecule has 0 saturated carbocycles. The van der Waals surface area contributed by atoms with Gasteiger partial charge in [-0.25, -0.2) is 0 Å². The summed E-state index contributed by atoms with van der Waals surface area (Å²) >= 11 is 7.50. The zero-order chi connectivity index (χ0) is 15.7. The summed E-state index contributed by atoms with van der Waals surface area (Å²) in [6.45, 7) is 0. The monoisotopic (exact) mass is 506 g/mol. The van der Waals surface area contributed by atoms with Crippen molar-refractivity contribution in [2.75, 3.05) is 14.2 Å². The van der Waals surface area contributed by atoms with Gasteiger partial charge in [0.25, 0.3) is 0 Å². The van der Waals surface area contributed by atoms with Gasteiger partial charge in [0.1, 0.15) is 0 Å². The van der Waals surface area contributed by atoms with Gasteiger partial charge in [0.2, 0.25) is 0 Å². The number of thioether (sulfide) groups is 4. The van der Waals surface area contributed by atoms with E-state index in [9.17, 15) is 9.59 Å². The number of ether oxygens (including phenoxy) is 2. The summed E-state index contributed by atoms with van der Waals surface area (Å²) in [5, 5.41) is 2.67. The number of hydrogen-bond donors (Lipinski definition) is 0. The van der Waals surface area contributed by atoms with Crippen LogP contribution < -0.4 is 0 Å². The van der Waals surface area contributed by atoms with E-state index in [1.807, 2.05) is 23.5 Å². The number of hydrogen-bond acceptors (Lipinski definition) is 8. The van der Waals surface area contributed by atoms with E-state index in [2.05, 4.69) is 0 Å². The Bertz CT molecular complexity index is 591. The topological polar surface area (TPSA) is 52.6 Å². The molecule has 4 nitrogen and oxygen atoms in total. The van der Waals surface area contributed by atoms with Gasteiger partial charge in [-0.3, -0.25) is 0 Å². The first-order valence-corrected chi connectivity index (χ1v) is 13.4. The second kappa shape index (κ2) is 7.66. The molecule has 0 bridgehead atoms. The van der Waals surface area contributed by atoms with Crippen LogP contribution in [0.3, 0.4) is 0 Å². The molecule has 0 aromatic heterocycles. The molecule has 22 heavy (non-hydrogen) atoms. The van der Waals surface area contributed by atoms with Gasteiger partial charge in [0.15, 0.2) is 0 Å². The summed E-state index contributed by atoms with van der Waals surface area (Å²) in [5.41, 5.74) is 0. The minimum absolute atomic E-state index is 0.337. The molecule has 0 radical (unpaired) electrons. The number of esters is 2. The molecule has 0 aromatic rings. The fourth-order valence-corrected chi connectivity index (χ4v) is 15.7. The van der Waals surface area contributed by atoms with E-state index in [1.165, 1.54) is 52.6 Å². The predicted molar refractivity (Wildman–Crippen MR) is 96.6 cm³/mol. The normalized spacial score (nSPS) is 21.4. The average molecular weight is 504 g/mol. The first-order chi connectivity index (χ1) is 10.6. The van der Waals surface area contributed by atoms with E-state index < -0.39 is 11.9 Å². The summed E-state index contributed by atoms with van der Waals surface area (Å²) in [6.07, 6.45) is 0. The molecule has 10 heteroatoms. The number of carbonyl (C=O) groups excluding carboxylic acids is 2. The fourth-order valence-electron chi connectivity index (χ4n) is 1.64. The van der Waals surface area contributed by atoms with Gasteiger partial charge in [-0.05, 0) is 0 Å². The minimum atomic E-state index is -0.479. The Balaban J connectivity index is 1.84. The first-order valence-electron chi connectivity index (χ1n) is 6.00. The van der Waals surface area contributed by atoms with E-state index in [0.29, 0.717) is 39.7 Å². The number of carbonyl (C=O) groups is 2.